The Hall–Kier alpha value is -1.18. The van der Waals surface area contributed by atoms with Crippen molar-refractivity contribution in [1.29, 1.82) is 0 Å². The Morgan fingerprint density at radius 1 is 1.29 bits per heavy atom. The molecular formula is C12H21NO. The van der Waals surface area contributed by atoms with Crippen molar-refractivity contribution in [2.45, 2.75) is 27.2 Å². The molecule has 80 valence electrons. The Labute approximate surface area is 87.3 Å². The first-order valence-corrected chi connectivity index (χ1v) is 5.16. The summed E-state index contributed by atoms with van der Waals surface area (Å²) in [4.78, 5) is 0. The van der Waals surface area contributed by atoms with Crippen molar-refractivity contribution >= 4 is 5.69 Å². The van der Waals surface area contributed by atoms with Crippen LogP contribution >= 0.6 is 0 Å². The van der Waals surface area contributed by atoms with E-state index in [2.05, 4.69) is 24.4 Å². The van der Waals surface area contributed by atoms with Crippen LogP contribution in [0, 0.1) is 0 Å². The van der Waals surface area contributed by atoms with Crippen LogP contribution in [-0.2, 0) is 6.42 Å². The molecule has 0 radical (unpaired) electrons. The first kappa shape index (κ1) is 12.8. The Morgan fingerprint density at radius 3 is 2.36 bits per heavy atom. The first-order valence-electron chi connectivity index (χ1n) is 5.16. The molecule has 0 unspecified atom stereocenters. The predicted molar refractivity (Wildman–Crippen MR) is 63.3 cm³/mol. The molecule has 0 aliphatic carbocycles. The number of hydrogen-bond acceptors (Lipinski definition) is 2. The van der Waals surface area contributed by atoms with E-state index in [-0.39, 0.29) is 0 Å². The maximum atomic E-state index is 5.24. The zero-order chi connectivity index (χ0) is 11.0. The summed E-state index contributed by atoms with van der Waals surface area (Å²) in [5.41, 5.74) is 2.33. The fourth-order valence-corrected chi connectivity index (χ4v) is 1.19. The van der Waals surface area contributed by atoms with Crippen LogP contribution in [0.25, 0.3) is 0 Å². The summed E-state index contributed by atoms with van der Waals surface area (Å²) in [5.74, 6) is 0.962. The second-order valence-corrected chi connectivity index (χ2v) is 2.63. The monoisotopic (exact) mass is 195 g/mol. The highest BCUT2D eigenvalue weighted by Gasteiger charge is 2.00. The van der Waals surface area contributed by atoms with Crippen molar-refractivity contribution in [2.24, 2.45) is 0 Å². The number of anilines is 1. The topological polar surface area (TPSA) is 21.3 Å². The van der Waals surface area contributed by atoms with Crippen LogP contribution in [0.2, 0.25) is 0 Å². The molecule has 0 fully saturated rings. The van der Waals surface area contributed by atoms with E-state index in [9.17, 15) is 0 Å². The summed E-state index contributed by atoms with van der Waals surface area (Å²) < 4.78 is 5.24. The van der Waals surface area contributed by atoms with Gasteiger partial charge in [-0.1, -0.05) is 26.8 Å². The van der Waals surface area contributed by atoms with E-state index in [4.69, 9.17) is 4.74 Å². The Morgan fingerprint density at radius 2 is 1.93 bits per heavy atom. The van der Waals surface area contributed by atoms with Gasteiger partial charge in [-0.25, -0.2) is 0 Å². The lowest BCUT2D eigenvalue weighted by Gasteiger charge is -2.08. The zero-order valence-electron chi connectivity index (χ0n) is 9.85. The molecule has 0 heterocycles. The van der Waals surface area contributed by atoms with Gasteiger partial charge in [0.05, 0.1) is 7.11 Å². The normalized spacial score (nSPS) is 8.64. The standard InChI is InChI=1S/C10H15NO.C2H6/c1-4-8-5-6-9(11-2)7-10(8)12-3;1-2/h5-7,11H,4H2,1-3H3;1-2H3. The molecule has 14 heavy (non-hydrogen) atoms. The number of ether oxygens (including phenoxy) is 1. The Bertz CT molecular complexity index is 258. The highest BCUT2D eigenvalue weighted by atomic mass is 16.5. The molecule has 2 heteroatoms. The molecular weight excluding hydrogens is 174 g/mol. The average Bonchev–Trinajstić information content (AvgIpc) is 2.30. The third-order valence-electron chi connectivity index (χ3n) is 1.96. The predicted octanol–water partition coefficient (Wildman–Crippen LogP) is 3.33. The minimum absolute atomic E-state index is 0.962. The van der Waals surface area contributed by atoms with Crippen LogP contribution in [0.5, 0.6) is 5.75 Å². The van der Waals surface area contributed by atoms with Crippen LogP contribution < -0.4 is 10.1 Å². The molecule has 1 aromatic rings. The van der Waals surface area contributed by atoms with Gasteiger partial charge in [0, 0.05) is 18.8 Å². The summed E-state index contributed by atoms with van der Waals surface area (Å²) in [6, 6.07) is 6.16. The number of hydrogen-bond donors (Lipinski definition) is 1. The number of rotatable bonds is 3. The lowest BCUT2D eigenvalue weighted by atomic mass is 10.1. The molecule has 1 rings (SSSR count). The average molecular weight is 195 g/mol. The van der Waals surface area contributed by atoms with Crippen LogP contribution in [0.3, 0.4) is 0 Å². The fraction of sp³-hybridized carbons (Fsp3) is 0.500. The van der Waals surface area contributed by atoms with Gasteiger partial charge >= 0.3 is 0 Å². The molecule has 0 saturated heterocycles. The van der Waals surface area contributed by atoms with Gasteiger partial charge in [-0.15, -0.1) is 0 Å². The van der Waals surface area contributed by atoms with Gasteiger partial charge in [-0.05, 0) is 18.1 Å². The summed E-state index contributed by atoms with van der Waals surface area (Å²) in [6.45, 7) is 6.12. The molecule has 0 aliphatic rings. The number of aryl methyl sites for hydroxylation is 1. The third-order valence-corrected chi connectivity index (χ3v) is 1.96. The number of benzene rings is 1. The molecule has 0 amide bonds. The molecule has 2 nitrogen and oxygen atoms in total. The van der Waals surface area contributed by atoms with E-state index in [1.54, 1.807) is 7.11 Å². The van der Waals surface area contributed by atoms with Gasteiger partial charge in [-0.3, -0.25) is 0 Å². The largest absolute Gasteiger partial charge is 0.496 e. The molecule has 0 spiro atoms. The summed E-state index contributed by atoms with van der Waals surface area (Å²) in [7, 11) is 3.61. The molecule has 0 aliphatic heterocycles. The highest BCUT2D eigenvalue weighted by molar-refractivity contribution is 5.51. The van der Waals surface area contributed by atoms with Crippen molar-refractivity contribution < 1.29 is 4.74 Å². The molecule has 0 bridgehead atoms. The van der Waals surface area contributed by atoms with Gasteiger partial charge < -0.3 is 10.1 Å². The van der Waals surface area contributed by atoms with Gasteiger partial charge in [0.15, 0.2) is 0 Å². The van der Waals surface area contributed by atoms with Crippen molar-refractivity contribution in [3.05, 3.63) is 23.8 Å². The lowest BCUT2D eigenvalue weighted by molar-refractivity contribution is 0.410. The molecule has 0 atom stereocenters. The second-order valence-electron chi connectivity index (χ2n) is 2.63. The van der Waals surface area contributed by atoms with Crippen LogP contribution in [-0.4, -0.2) is 14.2 Å². The second kappa shape index (κ2) is 7.25. The summed E-state index contributed by atoms with van der Waals surface area (Å²) >= 11 is 0. The van der Waals surface area contributed by atoms with E-state index in [1.807, 2.05) is 27.0 Å². The van der Waals surface area contributed by atoms with Crippen molar-refractivity contribution in [2.75, 3.05) is 19.5 Å². The third kappa shape index (κ3) is 3.29. The maximum Gasteiger partial charge on any atom is 0.124 e. The SMILES string of the molecule is CC.CCc1ccc(NC)cc1OC. The molecule has 1 aromatic carbocycles. The number of methoxy groups -OCH3 is 1. The zero-order valence-corrected chi connectivity index (χ0v) is 9.85. The smallest absolute Gasteiger partial charge is 0.124 e. The summed E-state index contributed by atoms with van der Waals surface area (Å²) in [6.07, 6.45) is 1.01. The highest BCUT2D eigenvalue weighted by Crippen LogP contribution is 2.22. The lowest BCUT2D eigenvalue weighted by Crippen LogP contribution is -1.93. The van der Waals surface area contributed by atoms with Crippen molar-refractivity contribution in [3.8, 4) is 5.75 Å². The molecule has 1 N–H and O–H groups in total. The van der Waals surface area contributed by atoms with Gasteiger partial charge in [0.25, 0.3) is 0 Å². The number of nitrogens with one attached hydrogen (secondary N) is 1. The van der Waals surface area contributed by atoms with Crippen molar-refractivity contribution in [3.63, 3.8) is 0 Å². The van der Waals surface area contributed by atoms with E-state index >= 15 is 0 Å². The Kier molecular flexibility index (Phi) is 6.63. The Balaban J connectivity index is 0.000000791. The minimum atomic E-state index is 0.962. The van der Waals surface area contributed by atoms with E-state index in [0.29, 0.717) is 0 Å². The molecule has 0 aromatic heterocycles. The van der Waals surface area contributed by atoms with E-state index in [1.165, 1.54) is 5.56 Å². The first-order chi connectivity index (χ1) is 6.81. The summed E-state index contributed by atoms with van der Waals surface area (Å²) in [5, 5.41) is 3.07. The van der Waals surface area contributed by atoms with Crippen molar-refractivity contribution in [1.82, 2.24) is 0 Å². The van der Waals surface area contributed by atoms with Gasteiger partial charge in [0.1, 0.15) is 5.75 Å². The van der Waals surface area contributed by atoms with Gasteiger partial charge in [0.2, 0.25) is 0 Å². The molecule has 0 saturated carbocycles. The van der Waals surface area contributed by atoms with Crippen LogP contribution in [0.4, 0.5) is 5.69 Å². The van der Waals surface area contributed by atoms with Gasteiger partial charge in [-0.2, -0.15) is 0 Å². The fourth-order valence-electron chi connectivity index (χ4n) is 1.19. The minimum Gasteiger partial charge on any atom is -0.496 e. The van der Waals surface area contributed by atoms with E-state index < -0.39 is 0 Å². The van der Waals surface area contributed by atoms with Crippen LogP contribution in [0.15, 0.2) is 18.2 Å². The maximum absolute atomic E-state index is 5.24. The van der Waals surface area contributed by atoms with Crippen LogP contribution in [0.1, 0.15) is 26.3 Å². The van der Waals surface area contributed by atoms with E-state index in [0.717, 1.165) is 17.9 Å². The quantitative estimate of drug-likeness (QED) is 0.798.